The summed E-state index contributed by atoms with van der Waals surface area (Å²) in [6.07, 6.45) is 0. The van der Waals surface area contributed by atoms with Gasteiger partial charge in [-0.15, -0.1) is 11.8 Å². The van der Waals surface area contributed by atoms with E-state index in [1.807, 2.05) is 35.2 Å². The molecule has 2 saturated heterocycles. The molecule has 0 bridgehead atoms. The van der Waals surface area contributed by atoms with Gasteiger partial charge in [-0.1, -0.05) is 30.3 Å². The van der Waals surface area contributed by atoms with E-state index < -0.39 is 16.9 Å². The fourth-order valence-electron chi connectivity index (χ4n) is 3.78. The topological polar surface area (TPSA) is 32.3 Å². The number of nitrogens with zero attached hydrogens (tertiary/aromatic N) is 1. The second kappa shape index (κ2) is 7.37. The SMILES string of the molecule is O=C(C(Sc1ccc(F)c(F)c1)c1ccccc1)N1C[C@H]2CNC[C@H]2C1. The van der Waals surface area contributed by atoms with Gasteiger partial charge in [0.05, 0.1) is 0 Å². The molecule has 0 spiro atoms. The second-order valence-corrected chi connectivity index (χ2v) is 8.08. The number of halogens is 2. The Morgan fingerprint density at radius 3 is 2.38 bits per heavy atom. The number of hydrogen-bond acceptors (Lipinski definition) is 3. The van der Waals surface area contributed by atoms with Gasteiger partial charge in [0.1, 0.15) is 5.25 Å². The van der Waals surface area contributed by atoms with Crippen molar-refractivity contribution in [3.63, 3.8) is 0 Å². The quantitative estimate of drug-likeness (QED) is 0.832. The minimum Gasteiger partial charge on any atom is -0.341 e. The molecule has 0 aromatic heterocycles. The maximum absolute atomic E-state index is 13.6. The number of thioether (sulfide) groups is 1. The van der Waals surface area contributed by atoms with Crippen molar-refractivity contribution in [3.8, 4) is 0 Å². The Labute approximate surface area is 155 Å². The van der Waals surface area contributed by atoms with Crippen LogP contribution in [-0.4, -0.2) is 37.0 Å². The highest BCUT2D eigenvalue weighted by molar-refractivity contribution is 8.00. The van der Waals surface area contributed by atoms with Gasteiger partial charge in [0.2, 0.25) is 5.91 Å². The number of rotatable bonds is 4. The first kappa shape index (κ1) is 17.5. The summed E-state index contributed by atoms with van der Waals surface area (Å²) in [5.74, 6) is -0.694. The van der Waals surface area contributed by atoms with Crippen LogP contribution in [0.25, 0.3) is 0 Å². The lowest BCUT2D eigenvalue weighted by molar-refractivity contribution is -0.130. The molecule has 4 rings (SSSR count). The summed E-state index contributed by atoms with van der Waals surface area (Å²) in [7, 11) is 0. The van der Waals surface area contributed by atoms with E-state index in [1.165, 1.54) is 17.8 Å². The molecule has 3 nitrogen and oxygen atoms in total. The largest absolute Gasteiger partial charge is 0.341 e. The van der Waals surface area contributed by atoms with Crippen molar-refractivity contribution in [2.24, 2.45) is 11.8 Å². The number of fused-ring (bicyclic) bond motifs is 1. The second-order valence-electron chi connectivity index (χ2n) is 6.91. The molecule has 2 aromatic rings. The lowest BCUT2D eigenvalue weighted by Crippen LogP contribution is -2.34. The van der Waals surface area contributed by atoms with Gasteiger partial charge in [-0.2, -0.15) is 0 Å². The third-order valence-electron chi connectivity index (χ3n) is 5.17. The average molecular weight is 374 g/mol. The molecule has 2 fully saturated rings. The van der Waals surface area contributed by atoms with Crippen LogP contribution in [0.15, 0.2) is 53.4 Å². The minimum absolute atomic E-state index is 0.0420. The molecule has 1 unspecified atom stereocenters. The Hall–Kier alpha value is -1.92. The molecule has 26 heavy (non-hydrogen) atoms. The molecular formula is C20H20F2N2OS. The summed E-state index contributed by atoms with van der Waals surface area (Å²) in [5.41, 5.74) is 0.877. The van der Waals surface area contributed by atoms with Gasteiger partial charge in [-0.3, -0.25) is 4.79 Å². The van der Waals surface area contributed by atoms with E-state index in [9.17, 15) is 13.6 Å². The Kier molecular flexibility index (Phi) is 4.96. The number of carbonyl (C=O) groups is 1. The normalized spacial score (nSPS) is 23.1. The van der Waals surface area contributed by atoms with Crippen LogP contribution in [0.5, 0.6) is 0 Å². The molecule has 1 N–H and O–H groups in total. The summed E-state index contributed by atoms with van der Waals surface area (Å²) in [6.45, 7) is 3.44. The van der Waals surface area contributed by atoms with Crippen molar-refractivity contribution < 1.29 is 13.6 Å². The lowest BCUT2D eigenvalue weighted by atomic mass is 10.0. The molecule has 0 radical (unpaired) electrons. The van der Waals surface area contributed by atoms with E-state index in [0.717, 1.165) is 43.9 Å². The van der Waals surface area contributed by atoms with Crippen LogP contribution in [0, 0.1) is 23.5 Å². The summed E-state index contributed by atoms with van der Waals surface area (Å²) in [5, 5.41) is 2.91. The van der Waals surface area contributed by atoms with Gasteiger partial charge in [0.25, 0.3) is 0 Å². The van der Waals surface area contributed by atoms with Crippen molar-refractivity contribution in [1.29, 1.82) is 0 Å². The molecular weight excluding hydrogens is 354 g/mol. The molecule has 6 heteroatoms. The predicted molar refractivity (Wildman–Crippen MR) is 97.8 cm³/mol. The van der Waals surface area contributed by atoms with Gasteiger partial charge in [-0.05, 0) is 35.6 Å². The summed E-state index contributed by atoms with van der Waals surface area (Å²) in [4.78, 5) is 15.7. The van der Waals surface area contributed by atoms with Crippen molar-refractivity contribution in [3.05, 3.63) is 65.7 Å². The Balaban J connectivity index is 1.58. The van der Waals surface area contributed by atoms with Crippen molar-refractivity contribution in [2.45, 2.75) is 10.1 Å². The third-order valence-corrected chi connectivity index (χ3v) is 6.41. The van der Waals surface area contributed by atoms with Crippen LogP contribution in [0.1, 0.15) is 10.8 Å². The van der Waals surface area contributed by atoms with Crippen molar-refractivity contribution >= 4 is 17.7 Å². The predicted octanol–water partition coefficient (Wildman–Crippen LogP) is 3.48. The van der Waals surface area contributed by atoms with Crippen LogP contribution in [0.2, 0.25) is 0 Å². The van der Waals surface area contributed by atoms with E-state index in [4.69, 9.17) is 0 Å². The molecule has 3 atom stereocenters. The molecule has 2 heterocycles. The summed E-state index contributed by atoms with van der Waals surface area (Å²) < 4.78 is 26.8. The number of hydrogen-bond donors (Lipinski definition) is 1. The van der Waals surface area contributed by atoms with E-state index >= 15 is 0 Å². The summed E-state index contributed by atoms with van der Waals surface area (Å²) in [6, 6.07) is 13.3. The fraction of sp³-hybridized carbons (Fsp3) is 0.350. The van der Waals surface area contributed by atoms with Crippen molar-refractivity contribution in [2.75, 3.05) is 26.2 Å². The Morgan fingerprint density at radius 2 is 1.73 bits per heavy atom. The van der Waals surface area contributed by atoms with Crippen LogP contribution < -0.4 is 5.32 Å². The molecule has 2 aliphatic rings. The molecule has 2 aromatic carbocycles. The first-order valence-electron chi connectivity index (χ1n) is 8.78. The van der Waals surface area contributed by atoms with Gasteiger partial charge in [0.15, 0.2) is 11.6 Å². The van der Waals surface area contributed by atoms with Crippen LogP contribution in [0.3, 0.4) is 0 Å². The van der Waals surface area contributed by atoms with E-state index in [2.05, 4.69) is 5.32 Å². The van der Waals surface area contributed by atoms with Gasteiger partial charge < -0.3 is 10.2 Å². The highest BCUT2D eigenvalue weighted by Crippen LogP contribution is 2.39. The maximum atomic E-state index is 13.6. The highest BCUT2D eigenvalue weighted by atomic mass is 32.2. The van der Waals surface area contributed by atoms with Gasteiger partial charge in [-0.25, -0.2) is 8.78 Å². The molecule has 0 saturated carbocycles. The smallest absolute Gasteiger partial charge is 0.240 e. The zero-order chi connectivity index (χ0) is 18.1. The number of amides is 1. The first-order chi connectivity index (χ1) is 12.6. The standard InChI is InChI=1S/C20H20F2N2OS/c21-17-7-6-16(8-18(17)22)26-19(13-4-2-1-3-5-13)20(25)24-11-14-9-23-10-15(14)12-24/h1-8,14-15,19,23H,9-12H2/t14-,15+,19?. The third kappa shape index (κ3) is 3.48. The first-order valence-corrected chi connectivity index (χ1v) is 9.66. The van der Waals surface area contributed by atoms with E-state index in [0.29, 0.717) is 16.7 Å². The van der Waals surface area contributed by atoms with E-state index in [-0.39, 0.29) is 5.91 Å². The Bertz CT molecular complexity index is 790. The minimum atomic E-state index is -0.893. The summed E-state index contributed by atoms with van der Waals surface area (Å²) >= 11 is 1.27. The van der Waals surface area contributed by atoms with Gasteiger partial charge >= 0.3 is 0 Å². The molecule has 0 aliphatic carbocycles. The molecule has 1 amide bonds. The molecule has 136 valence electrons. The lowest BCUT2D eigenvalue weighted by Gasteiger charge is -2.24. The van der Waals surface area contributed by atoms with Crippen LogP contribution >= 0.6 is 11.8 Å². The highest BCUT2D eigenvalue weighted by Gasteiger charge is 2.40. The Morgan fingerprint density at radius 1 is 1.04 bits per heavy atom. The molecule has 2 aliphatic heterocycles. The zero-order valence-electron chi connectivity index (χ0n) is 14.2. The fourth-order valence-corrected chi connectivity index (χ4v) is 4.91. The van der Waals surface area contributed by atoms with Crippen LogP contribution in [0.4, 0.5) is 8.78 Å². The number of likely N-dealkylation sites (tertiary alicyclic amines) is 1. The number of nitrogens with one attached hydrogen (secondary N) is 1. The number of benzene rings is 2. The maximum Gasteiger partial charge on any atom is 0.240 e. The van der Waals surface area contributed by atoms with E-state index in [1.54, 1.807) is 0 Å². The monoisotopic (exact) mass is 374 g/mol. The van der Waals surface area contributed by atoms with Crippen molar-refractivity contribution in [1.82, 2.24) is 10.2 Å². The van der Waals surface area contributed by atoms with Crippen LogP contribution in [-0.2, 0) is 4.79 Å². The zero-order valence-corrected chi connectivity index (χ0v) is 15.0. The number of carbonyl (C=O) groups excluding carboxylic acids is 1. The average Bonchev–Trinajstić information content (AvgIpc) is 3.25. The van der Waals surface area contributed by atoms with Gasteiger partial charge in [0, 0.05) is 31.1 Å².